The van der Waals surface area contributed by atoms with Gasteiger partial charge < -0.3 is 20.0 Å². The first-order valence-corrected chi connectivity index (χ1v) is 6.78. The van der Waals surface area contributed by atoms with Gasteiger partial charge in [-0.05, 0) is 36.4 Å². The lowest BCUT2D eigenvalue weighted by molar-refractivity contribution is 0.102. The van der Waals surface area contributed by atoms with Crippen molar-refractivity contribution in [3.8, 4) is 5.75 Å². The first-order chi connectivity index (χ1) is 11.1. The lowest BCUT2D eigenvalue weighted by Gasteiger charge is -2.07. The zero-order valence-corrected chi connectivity index (χ0v) is 12.2. The van der Waals surface area contributed by atoms with Crippen LogP contribution in [-0.4, -0.2) is 23.0 Å². The Morgan fingerprint density at radius 3 is 2.48 bits per heavy atom. The molecular formula is C16H13N3O4. The number of aromatic nitrogens is 2. The van der Waals surface area contributed by atoms with Gasteiger partial charge in [0.15, 0.2) is 0 Å². The van der Waals surface area contributed by atoms with E-state index in [2.05, 4.69) is 15.3 Å². The highest BCUT2D eigenvalue weighted by Crippen LogP contribution is 2.17. The normalized spacial score (nSPS) is 10.5. The van der Waals surface area contributed by atoms with Gasteiger partial charge in [0.25, 0.3) is 5.91 Å². The average molecular weight is 311 g/mol. The number of carbonyl (C=O) groups excluding carboxylic acids is 1. The van der Waals surface area contributed by atoms with E-state index in [9.17, 15) is 14.4 Å². The van der Waals surface area contributed by atoms with Crippen molar-refractivity contribution in [3.63, 3.8) is 0 Å². The Hall–Kier alpha value is -3.35. The van der Waals surface area contributed by atoms with Gasteiger partial charge in [-0.3, -0.25) is 14.4 Å². The molecule has 0 fully saturated rings. The highest BCUT2D eigenvalue weighted by atomic mass is 16.5. The lowest BCUT2D eigenvalue weighted by Crippen LogP contribution is -2.28. The Balaban J connectivity index is 1.91. The summed E-state index contributed by atoms with van der Waals surface area (Å²) in [7, 11) is 1.53. The molecule has 0 saturated heterocycles. The third-order valence-corrected chi connectivity index (χ3v) is 3.31. The van der Waals surface area contributed by atoms with E-state index in [1.54, 1.807) is 42.5 Å². The number of hydrogen-bond donors (Lipinski definition) is 3. The second-order valence-electron chi connectivity index (χ2n) is 4.85. The molecule has 1 heterocycles. The minimum absolute atomic E-state index is 0.310. The second kappa shape index (κ2) is 5.80. The van der Waals surface area contributed by atoms with Crippen LogP contribution in [0.4, 0.5) is 5.69 Å². The number of rotatable bonds is 3. The zero-order valence-electron chi connectivity index (χ0n) is 12.2. The van der Waals surface area contributed by atoms with Gasteiger partial charge in [0.1, 0.15) is 5.75 Å². The average Bonchev–Trinajstić information content (AvgIpc) is 2.56. The molecule has 0 atom stereocenters. The molecule has 3 rings (SSSR count). The van der Waals surface area contributed by atoms with Gasteiger partial charge in [-0.25, -0.2) is 0 Å². The van der Waals surface area contributed by atoms with Crippen molar-refractivity contribution in [1.82, 2.24) is 9.97 Å². The topological polar surface area (TPSA) is 104 Å². The van der Waals surface area contributed by atoms with Crippen LogP contribution in [0.2, 0.25) is 0 Å². The summed E-state index contributed by atoms with van der Waals surface area (Å²) in [4.78, 5) is 39.8. The number of ether oxygens (including phenoxy) is 1. The van der Waals surface area contributed by atoms with Crippen molar-refractivity contribution >= 4 is 22.6 Å². The minimum atomic E-state index is -0.742. The summed E-state index contributed by atoms with van der Waals surface area (Å²) < 4.78 is 5.08. The van der Waals surface area contributed by atoms with E-state index >= 15 is 0 Å². The molecule has 23 heavy (non-hydrogen) atoms. The Bertz CT molecular complexity index is 1000. The number of fused-ring (bicyclic) bond motifs is 1. The number of benzene rings is 2. The highest BCUT2D eigenvalue weighted by molar-refractivity contribution is 6.05. The fourth-order valence-corrected chi connectivity index (χ4v) is 2.16. The maximum absolute atomic E-state index is 12.2. The molecule has 0 saturated carbocycles. The Labute approximate surface area is 129 Å². The van der Waals surface area contributed by atoms with E-state index in [4.69, 9.17) is 4.74 Å². The molecule has 0 radical (unpaired) electrons. The van der Waals surface area contributed by atoms with Crippen LogP contribution in [0.25, 0.3) is 11.0 Å². The predicted molar refractivity (Wildman–Crippen MR) is 86.1 cm³/mol. The van der Waals surface area contributed by atoms with Crippen LogP contribution in [0.3, 0.4) is 0 Å². The van der Waals surface area contributed by atoms with E-state index < -0.39 is 11.1 Å². The summed E-state index contributed by atoms with van der Waals surface area (Å²) in [6, 6.07) is 11.6. The van der Waals surface area contributed by atoms with Crippen LogP contribution < -0.4 is 21.2 Å². The summed E-state index contributed by atoms with van der Waals surface area (Å²) in [5.41, 5.74) is 0.388. The predicted octanol–water partition coefficient (Wildman–Crippen LogP) is 1.48. The van der Waals surface area contributed by atoms with Crippen LogP contribution in [0.15, 0.2) is 52.1 Å². The number of methoxy groups -OCH3 is 1. The molecular weight excluding hydrogens is 298 g/mol. The van der Waals surface area contributed by atoms with Crippen molar-refractivity contribution in [1.29, 1.82) is 0 Å². The number of anilines is 1. The van der Waals surface area contributed by atoms with E-state index in [0.717, 1.165) is 0 Å². The van der Waals surface area contributed by atoms with Crippen LogP contribution in [-0.2, 0) is 0 Å². The van der Waals surface area contributed by atoms with E-state index in [0.29, 0.717) is 28.0 Å². The fraction of sp³-hybridized carbons (Fsp3) is 0.0625. The third-order valence-electron chi connectivity index (χ3n) is 3.31. The van der Waals surface area contributed by atoms with Gasteiger partial charge in [0.05, 0.1) is 18.1 Å². The Morgan fingerprint density at radius 1 is 1.00 bits per heavy atom. The van der Waals surface area contributed by atoms with Crippen molar-refractivity contribution in [2.45, 2.75) is 0 Å². The summed E-state index contributed by atoms with van der Waals surface area (Å²) in [5.74, 6) is 0.271. The highest BCUT2D eigenvalue weighted by Gasteiger charge is 2.08. The number of carbonyl (C=O) groups is 1. The van der Waals surface area contributed by atoms with Crippen LogP contribution in [0.5, 0.6) is 5.75 Å². The van der Waals surface area contributed by atoms with Gasteiger partial charge in [0, 0.05) is 11.3 Å². The molecule has 0 aliphatic rings. The van der Waals surface area contributed by atoms with Crippen molar-refractivity contribution in [2.75, 3.05) is 12.4 Å². The summed E-state index contributed by atoms with van der Waals surface area (Å²) >= 11 is 0. The van der Waals surface area contributed by atoms with E-state index in [1.807, 2.05) is 0 Å². The van der Waals surface area contributed by atoms with Crippen molar-refractivity contribution in [3.05, 3.63) is 68.7 Å². The van der Waals surface area contributed by atoms with Crippen molar-refractivity contribution in [2.24, 2.45) is 0 Å². The van der Waals surface area contributed by atoms with E-state index in [1.165, 1.54) is 7.11 Å². The molecule has 1 amide bonds. The number of nitrogens with one attached hydrogen (secondary N) is 3. The van der Waals surface area contributed by atoms with Crippen molar-refractivity contribution < 1.29 is 9.53 Å². The molecule has 0 unspecified atom stereocenters. The molecule has 0 aliphatic heterocycles. The second-order valence-corrected chi connectivity index (χ2v) is 4.85. The number of H-pyrrole nitrogens is 2. The van der Waals surface area contributed by atoms with E-state index in [-0.39, 0.29) is 5.91 Å². The Morgan fingerprint density at radius 2 is 1.74 bits per heavy atom. The quantitative estimate of drug-likeness (QED) is 0.637. The van der Waals surface area contributed by atoms with Gasteiger partial charge >= 0.3 is 11.1 Å². The number of amides is 1. The molecule has 0 aliphatic carbocycles. The van der Waals surface area contributed by atoms with Crippen LogP contribution in [0.1, 0.15) is 10.4 Å². The molecule has 1 aromatic heterocycles. The van der Waals surface area contributed by atoms with Gasteiger partial charge in [0.2, 0.25) is 0 Å². The smallest absolute Gasteiger partial charge is 0.314 e. The zero-order chi connectivity index (χ0) is 16.4. The molecule has 3 aromatic rings. The largest absolute Gasteiger partial charge is 0.497 e. The van der Waals surface area contributed by atoms with Gasteiger partial charge in [-0.15, -0.1) is 0 Å². The van der Waals surface area contributed by atoms with Gasteiger partial charge in [-0.2, -0.15) is 0 Å². The standard InChI is InChI=1S/C16H13N3O4/c1-23-11-4-2-3-9(7-11)14(20)17-10-5-6-12-13(8-10)19-16(22)15(21)18-12/h2-8H,1H3,(H,17,20)(H,18,21)(H,19,22). The molecule has 116 valence electrons. The molecule has 7 nitrogen and oxygen atoms in total. The fourth-order valence-electron chi connectivity index (χ4n) is 2.16. The maximum Gasteiger partial charge on any atom is 0.314 e. The third kappa shape index (κ3) is 2.98. The summed E-state index contributed by atoms with van der Waals surface area (Å²) in [6.07, 6.45) is 0. The first kappa shape index (κ1) is 14.6. The maximum atomic E-state index is 12.2. The Kier molecular flexibility index (Phi) is 3.68. The lowest BCUT2D eigenvalue weighted by atomic mass is 10.2. The monoisotopic (exact) mass is 311 g/mol. The molecule has 0 spiro atoms. The molecule has 7 heteroatoms. The first-order valence-electron chi connectivity index (χ1n) is 6.78. The minimum Gasteiger partial charge on any atom is -0.497 e. The number of hydrogen-bond acceptors (Lipinski definition) is 4. The number of aromatic amines is 2. The summed E-state index contributed by atoms with van der Waals surface area (Å²) in [5, 5.41) is 2.73. The van der Waals surface area contributed by atoms with Gasteiger partial charge in [-0.1, -0.05) is 6.07 Å². The SMILES string of the molecule is COc1cccc(C(=O)Nc2ccc3[nH]c(=O)c(=O)[nH]c3c2)c1. The summed E-state index contributed by atoms with van der Waals surface area (Å²) in [6.45, 7) is 0. The van der Waals surface area contributed by atoms with Crippen LogP contribution in [0, 0.1) is 0 Å². The molecule has 3 N–H and O–H groups in total. The van der Waals surface area contributed by atoms with Crippen LogP contribution >= 0.6 is 0 Å². The molecule has 2 aromatic carbocycles. The molecule has 0 bridgehead atoms.